The van der Waals surface area contributed by atoms with E-state index in [-0.39, 0.29) is 17.9 Å². The van der Waals surface area contributed by atoms with Gasteiger partial charge >= 0.3 is 0 Å². The molecule has 4 rings (SSSR count). The van der Waals surface area contributed by atoms with Crippen LogP contribution in [0.3, 0.4) is 0 Å². The Morgan fingerprint density at radius 2 is 1.96 bits per heavy atom. The van der Waals surface area contributed by atoms with Crippen LogP contribution in [-0.2, 0) is 16.0 Å². The van der Waals surface area contributed by atoms with E-state index in [4.69, 9.17) is 16.3 Å². The Balaban J connectivity index is 1.53. The number of carbonyl (C=O) groups is 2. The Hall–Kier alpha value is -2.37. The summed E-state index contributed by atoms with van der Waals surface area (Å²) >= 11 is 5.86. The first kappa shape index (κ1) is 17.1. The first-order chi connectivity index (χ1) is 12.6. The van der Waals surface area contributed by atoms with E-state index in [0.29, 0.717) is 29.4 Å². The van der Waals surface area contributed by atoms with E-state index in [1.807, 2.05) is 18.2 Å². The Morgan fingerprint density at radius 1 is 1.15 bits per heavy atom. The van der Waals surface area contributed by atoms with Crippen LogP contribution in [0.1, 0.15) is 28.8 Å². The van der Waals surface area contributed by atoms with E-state index < -0.39 is 0 Å². The zero-order chi connectivity index (χ0) is 18.1. The van der Waals surface area contributed by atoms with E-state index in [0.717, 1.165) is 30.5 Å². The number of anilines is 2. The lowest BCUT2D eigenvalue weighted by Gasteiger charge is -2.21. The Kier molecular flexibility index (Phi) is 4.66. The molecule has 2 aromatic carbocycles. The molecule has 2 heterocycles. The Morgan fingerprint density at radius 3 is 2.69 bits per heavy atom. The molecule has 26 heavy (non-hydrogen) atoms. The number of ether oxygens (including phenoxy) is 1. The highest BCUT2D eigenvalue weighted by molar-refractivity contribution is 6.30. The maximum atomic E-state index is 12.7. The summed E-state index contributed by atoms with van der Waals surface area (Å²) < 4.78 is 5.53. The second-order valence-corrected chi connectivity index (χ2v) is 6.98. The minimum absolute atomic E-state index is 0.0161. The van der Waals surface area contributed by atoms with Crippen LogP contribution in [0, 0.1) is 0 Å². The zero-order valence-electron chi connectivity index (χ0n) is 14.2. The minimum Gasteiger partial charge on any atom is -0.368 e. The lowest BCUT2D eigenvalue weighted by Crippen LogP contribution is -2.37. The molecular weight excluding hydrogens is 352 g/mol. The number of hydrogen-bond acceptors (Lipinski definition) is 3. The van der Waals surface area contributed by atoms with Crippen molar-refractivity contribution in [2.75, 3.05) is 23.4 Å². The topological polar surface area (TPSA) is 58.6 Å². The molecule has 0 bridgehead atoms. The van der Waals surface area contributed by atoms with Crippen molar-refractivity contribution in [3.8, 4) is 0 Å². The number of nitrogens with zero attached hydrogens (tertiary/aromatic N) is 1. The molecule has 0 aliphatic carbocycles. The fourth-order valence-corrected chi connectivity index (χ4v) is 3.56. The summed E-state index contributed by atoms with van der Waals surface area (Å²) in [7, 11) is 0. The summed E-state index contributed by atoms with van der Waals surface area (Å²) in [6.45, 7) is 1.30. The second kappa shape index (κ2) is 7.09. The predicted molar refractivity (Wildman–Crippen MR) is 101 cm³/mol. The van der Waals surface area contributed by atoms with Gasteiger partial charge in [-0.15, -0.1) is 0 Å². The van der Waals surface area contributed by atoms with Crippen molar-refractivity contribution in [3.05, 3.63) is 58.6 Å². The summed E-state index contributed by atoms with van der Waals surface area (Å²) in [6.07, 6.45) is 2.18. The number of halogens is 1. The number of nitrogens with one attached hydrogen (secondary N) is 1. The Bertz CT molecular complexity index is 845. The normalized spacial score (nSPS) is 18.7. The van der Waals surface area contributed by atoms with Gasteiger partial charge in [0, 0.05) is 35.1 Å². The van der Waals surface area contributed by atoms with Gasteiger partial charge < -0.3 is 15.0 Å². The molecule has 0 saturated carbocycles. The quantitative estimate of drug-likeness (QED) is 0.897. The van der Waals surface area contributed by atoms with Gasteiger partial charge in [-0.3, -0.25) is 9.59 Å². The highest BCUT2D eigenvalue weighted by Crippen LogP contribution is 2.32. The molecule has 1 N–H and O–H groups in total. The van der Waals surface area contributed by atoms with Crippen molar-refractivity contribution < 1.29 is 14.3 Å². The van der Waals surface area contributed by atoms with Crippen LogP contribution in [0.5, 0.6) is 0 Å². The van der Waals surface area contributed by atoms with Gasteiger partial charge in [-0.2, -0.15) is 0 Å². The van der Waals surface area contributed by atoms with Crippen LogP contribution in [0.25, 0.3) is 0 Å². The fourth-order valence-electron chi connectivity index (χ4n) is 3.44. The number of hydrogen-bond donors (Lipinski definition) is 1. The maximum Gasteiger partial charge on any atom is 0.256 e. The summed E-state index contributed by atoms with van der Waals surface area (Å²) in [6, 6.07) is 12.4. The Labute approximate surface area is 156 Å². The average Bonchev–Trinajstić information content (AvgIpc) is 3.31. The number of carbonyl (C=O) groups excluding carboxylic acids is 2. The zero-order valence-corrected chi connectivity index (χ0v) is 15.0. The fraction of sp³-hybridized carbons (Fsp3) is 0.300. The minimum atomic E-state index is -0.340. The van der Waals surface area contributed by atoms with Gasteiger partial charge in [-0.05, 0) is 61.2 Å². The second-order valence-electron chi connectivity index (χ2n) is 6.55. The van der Waals surface area contributed by atoms with Gasteiger partial charge in [0.2, 0.25) is 0 Å². The highest BCUT2D eigenvalue weighted by atomic mass is 35.5. The summed E-state index contributed by atoms with van der Waals surface area (Å²) in [5.74, 6) is -0.195. The van der Waals surface area contributed by atoms with E-state index in [1.165, 1.54) is 0 Å². The van der Waals surface area contributed by atoms with Crippen molar-refractivity contribution in [3.63, 3.8) is 0 Å². The molecule has 134 valence electrons. The van der Waals surface area contributed by atoms with Gasteiger partial charge in [0.15, 0.2) is 0 Å². The van der Waals surface area contributed by atoms with Gasteiger partial charge in [-0.25, -0.2) is 0 Å². The predicted octanol–water partition coefficient (Wildman–Crippen LogP) is 3.66. The third-order valence-electron chi connectivity index (χ3n) is 4.82. The molecule has 2 amide bonds. The first-order valence-electron chi connectivity index (χ1n) is 8.74. The van der Waals surface area contributed by atoms with Crippen molar-refractivity contribution in [1.29, 1.82) is 0 Å². The van der Waals surface area contributed by atoms with Crippen molar-refractivity contribution in [2.45, 2.75) is 25.4 Å². The van der Waals surface area contributed by atoms with E-state index >= 15 is 0 Å². The molecular formula is C20H19ClN2O3. The molecule has 2 aliphatic heterocycles. The van der Waals surface area contributed by atoms with E-state index in [1.54, 1.807) is 29.2 Å². The molecule has 1 fully saturated rings. The van der Waals surface area contributed by atoms with Crippen LogP contribution in [-0.4, -0.2) is 31.1 Å². The van der Waals surface area contributed by atoms with E-state index in [9.17, 15) is 9.59 Å². The summed E-state index contributed by atoms with van der Waals surface area (Å²) in [5, 5.41) is 3.47. The molecule has 2 aromatic rings. The number of rotatable bonds is 3. The smallest absolute Gasteiger partial charge is 0.256 e. The van der Waals surface area contributed by atoms with Crippen molar-refractivity contribution >= 4 is 34.8 Å². The first-order valence-corrected chi connectivity index (χ1v) is 9.12. The van der Waals surface area contributed by atoms with Crippen molar-refractivity contribution in [1.82, 2.24) is 0 Å². The average molecular weight is 371 g/mol. The number of amides is 2. The molecule has 5 nitrogen and oxygen atoms in total. The molecule has 2 aliphatic rings. The van der Waals surface area contributed by atoms with E-state index in [2.05, 4.69) is 5.32 Å². The molecule has 6 heteroatoms. The van der Waals surface area contributed by atoms with Crippen LogP contribution in [0.2, 0.25) is 5.02 Å². The summed E-state index contributed by atoms with van der Waals surface area (Å²) in [4.78, 5) is 26.9. The van der Waals surface area contributed by atoms with Gasteiger partial charge in [0.05, 0.1) is 0 Å². The lowest BCUT2D eigenvalue weighted by molar-refractivity contribution is -0.127. The third-order valence-corrected chi connectivity index (χ3v) is 5.07. The number of benzene rings is 2. The van der Waals surface area contributed by atoms with Crippen LogP contribution in [0.15, 0.2) is 42.5 Å². The number of fused-ring (bicyclic) bond motifs is 1. The molecule has 0 radical (unpaired) electrons. The molecule has 1 atom stereocenters. The van der Waals surface area contributed by atoms with Crippen LogP contribution < -0.4 is 10.2 Å². The monoisotopic (exact) mass is 370 g/mol. The maximum absolute atomic E-state index is 12.7. The molecule has 1 saturated heterocycles. The lowest BCUT2D eigenvalue weighted by atomic mass is 10.1. The highest BCUT2D eigenvalue weighted by Gasteiger charge is 2.32. The SMILES string of the molecule is O=C(Nc1ccc2c(c1)N(C(=O)C1CCCO1)CC2)c1ccc(Cl)cc1. The van der Waals surface area contributed by atoms with Gasteiger partial charge in [-0.1, -0.05) is 17.7 Å². The van der Waals surface area contributed by atoms with Crippen molar-refractivity contribution in [2.24, 2.45) is 0 Å². The largest absolute Gasteiger partial charge is 0.368 e. The van der Waals surface area contributed by atoms with Crippen LogP contribution in [0.4, 0.5) is 11.4 Å². The van der Waals surface area contributed by atoms with Gasteiger partial charge in [0.1, 0.15) is 6.10 Å². The molecule has 1 unspecified atom stereocenters. The molecule has 0 aromatic heterocycles. The molecule has 0 spiro atoms. The van der Waals surface area contributed by atoms with Gasteiger partial charge in [0.25, 0.3) is 11.8 Å². The third kappa shape index (κ3) is 3.32. The summed E-state index contributed by atoms with van der Waals surface area (Å²) in [5.41, 5.74) is 3.16. The van der Waals surface area contributed by atoms with Crippen LogP contribution >= 0.6 is 11.6 Å². The standard InChI is InChI=1S/C20H19ClN2O3/c21-15-6-3-14(4-7-15)19(24)22-16-8-5-13-9-10-23(17(13)12-16)20(25)18-2-1-11-26-18/h3-8,12,18H,1-2,9-11H2,(H,22,24).